The van der Waals surface area contributed by atoms with Crippen molar-refractivity contribution < 1.29 is 4.74 Å². The van der Waals surface area contributed by atoms with Crippen molar-refractivity contribution >= 4 is 17.8 Å². The monoisotopic (exact) mass is 375 g/mol. The van der Waals surface area contributed by atoms with Gasteiger partial charge in [-0.3, -0.25) is 0 Å². The average molecular weight is 376 g/mol. The molecule has 0 fully saturated rings. The Hall–Kier alpha value is -3.29. The first-order valence-electron chi connectivity index (χ1n) is 8.46. The summed E-state index contributed by atoms with van der Waals surface area (Å²) in [5, 5.41) is 13.8. The summed E-state index contributed by atoms with van der Waals surface area (Å²) in [4.78, 5) is 0. The number of nitriles is 1. The molecule has 5 heteroatoms. The highest BCUT2D eigenvalue weighted by molar-refractivity contribution is 6.30. The molecule has 0 atom stereocenters. The van der Waals surface area contributed by atoms with Crippen molar-refractivity contribution in [2.75, 3.05) is 0 Å². The molecule has 1 N–H and O–H groups in total. The quantitative estimate of drug-likeness (QED) is 0.471. The Labute approximate surface area is 163 Å². The first kappa shape index (κ1) is 18.5. The van der Waals surface area contributed by atoms with Crippen LogP contribution in [0.25, 0.3) is 0 Å². The Balaban J connectivity index is 1.57. The van der Waals surface area contributed by atoms with Gasteiger partial charge in [-0.25, -0.2) is 0 Å². The minimum Gasteiger partial charge on any atom is -0.488 e. The van der Waals surface area contributed by atoms with Crippen LogP contribution in [0.1, 0.15) is 22.3 Å². The van der Waals surface area contributed by atoms with Crippen LogP contribution in [-0.4, -0.2) is 6.21 Å². The second kappa shape index (κ2) is 9.42. The molecule has 0 unspecified atom stereocenters. The summed E-state index contributed by atoms with van der Waals surface area (Å²) >= 11 is 5.88. The van der Waals surface area contributed by atoms with Crippen molar-refractivity contribution in [1.29, 1.82) is 5.26 Å². The maximum absolute atomic E-state index is 8.85. The van der Waals surface area contributed by atoms with E-state index in [-0.39, 0.29) is 0 Å². The summed E-state index contributed by atoms with van der Waals surface area (Å²) in [6.45, 7) is 1.04. The fourth-order valence-corrected chi connectivity index (χ4v) is 2.54. The lowest BCUT2D eigenvalue weighted by atomic mass is 10.1. The number of ether oxygens (including phenoxy) is 1. The van der Waals surface area contributed by atoms with E-state index in [9.17, 15) is 0 Å². The van der Waals surface area contributed by atoms with Gasteiger partial charge in [0.2, 0.25) is 0 Å². The van der Waals surface area contributed by atoms with Gasteiger partial charge < -0.3 is 10.2 Å². The minimum atomic E-state index is 0.425. The Morgan fingerprint density at radius 1 is 0.963 bits per heavy atom. The predicted molar refractivity (Wildman–Crippen MR) is 108 cm³/mol. The highest BCUT2D eigenvalue weighted by atomic mass is 35.5. The lowest BCUT2D eigenvalue weighted by molar-refractivity contribution is 0.306. The maximum atomic E-state index is 8.85. The molecule has 0 aliphatic carbocycles. The summed E-state index contributed by atoms with van der Waals surface area (Å²) in [5.41, 5.74) is 6.65. The van der Waals surface area contributed by atoms with E-state index >= 15 is 0 Å². The Kier molecular flexibility index (Phi) is 6.45. The molecule has 0 aromatic heterocycles. The third-order valence-corrected chi connectivity index (χ3v) is 4.14. The molecule has 0 saturated heterocycles. The molecular formula is C22H18ClN3O. The van der Waals surface area contributed by atoms with Gasteiger partial charge in [-0.1, -0.05) is 48.0 Å². The zero-order valence-electron chi connectivity index (χ0n) is 14.6. The zero-order chi connectivity index (χ0) is 18.9. The fourth-order valence-electron chi connectivity index (χ4n) is 2.41. The number of hydrogen-bond donors (Lipinski definition) is 1. The molecule has 0 bridgehead atoms. The number of halogens is 1. The number of para-hydroxylation sites is 1. The van der Waals surface area contributed by atoms with E-state index in [2.05, 4.69) is 16.6 Å². The standard InChI is InChI=1S/C22H18ClN3O/c23-21-11-9-18(10-12-21)14-25-26-15-20-3-1-2-4-22(20)27-16-19-7-5-17(13-24)6-8-19/h1-12,15,25H,14,16H2/b26-15-. The highest BCUT2D eigenvalue weighted by Gasteiger charge is 2.02. The summed E-state index contributed by atoms with van der Waals surface area (Å²) in [6.07, 6.45) is 1.74. The van der Waals surface area contributed by atoms with E-state index in [1.807, 2.05) is 60.7 Å². The number of nitrogens with one attached hydrogen (secondary N) is 1. The minimum absolute atomic E-state index is 0.425. The molecule has 0 radical (unpaired) electrons. The predicted octanol–water partition coefficient (Wildman–Crippen LogP) is 4.91. The van der Waals surface area contributed by atoms with Gasteiger partial charge in [-0.05, 0) is 47.5 Å². The van der Waals surface area contributed by atoms with Crippen molar-refractivity contribution in [1.82, 2.24) is 5.43 Å². The van der Waals surface area contributed by atoms with Gasteiger partial charge in [0.25, 0.3) is 0 Å². The van der Waals surface area contributed by atoms with Gasteiger partial charge in [-0.15, -0.1) is 0 Å². The molecule has 0 spiro atoms. The van der Waals surface area contributed by atoms with Crippen LogP contribution in [0, 0.1) is 11.3 Å². The van der Waals surface area contributed by atoms with Crippen LogP contribution in [0.4, 0.5) is 0 Å². The number of nitrogens with zero attached hydrogens (tertiary/aromatic N) is 2. The number of hydrogen-bond acceptors (Lipinski definition) is 4. The topological polar surface area (TPSA) is 57.4 Å². The van der Waals surface area contributed by atoms with Gasteiger partial charge in [0.15, 0.2) is 0 Å². The molecule has 3 aromatic rings. The molecule has 4 nitrogen and oxygen atoms in total. The smallest absolute Gasteiger partial charge is 0.128 e. The van der Waals surface area contributed by atoms with E-state index in [4.69, 9.17) is 21.6 Å². The molecule has 134 valence electrons. The molecule has 0 saturated carbocycles. The molecule has 0 aliphatic rings. The van der Waals surface area contributed by atoms with Crippen molar-refractivity contribution in [2.45, 2.75) is 13.2 Å². The Morgan fingerprint density at radius 3 is 2.41 bits per heavy atom. The third kappa shape index (κ3) is 5.60. The second-order valence-electron chi connectivity index (χ2n) is 5.85. The molecule has 3 rings (SSSR count). The van der Waals surface area contributed by atoms with Crippen LogP contribution >= 0.6 is 11.6 Å². The molecule has 0 aliphatic heterocycles. The maximum Gasteiger partial charge on any atom is 0.128 e. The van der Waals surface area contributed by atoms with Crippen molar-refractivity contribution in [2.24, 2.45) is 5.10 Å². The van der Waals surface area contributed by atoms with Crippen molar-refractivity contribution in [3.8, 4) is 11.8 Å². The zero-order valence-corrected chi connectivity index (χ0v) is 15.4. The van der Waals surface area contributed by atoms with Gasteiger partial charge >= 0.3 is 0 Å². The van der Waals surface area contributed by atoms with Crippen molar-refractivity contribution in [3.05, 3.63) is 100 Å². The Bertz CT molecular complexity index is 945. The fraction of sp³-hybridized carbons (Fsp3) is 0.0909. The van der Waals surface area contributed by atoms with E-state index in [0.717, 1.165) is 27.5 Å². The van der Waals surface area contributed by atoms with E-state index in [1.165, 1.54) is 0 Å². The molecule has 0 amide bonds. The van der Waals surface area contributed by atoms with Crippen LogP contribution in [0.15, 0.2) is 77.9 Å². The van der Waals surface area contributed by atoms with Crippen LogP contribution < -0.4 is 10.2 Å². The van der Waals surface area contributed by atoms with Gasteiger partial charge in [-0.2, -0.15) is 10.4 Å². The normalized spacial score (nSPS) is 10.5. The first-order chi connectivity index (χ1) is 13.2. The highest BCUT2D eigenvalue weighted by Crippen LogP contribution is 2.18. The molecule has 27 heavy (non-hydrogen) atoms. The third-order valence-electron chi connectivity index (χ3n) is 3.89. The molecule has 3 aromatic carbocycles. The van der Waals surface area contributed by atoms with Gasteiger partial charge in [0.05, 0.1) is 24.4 Å². The molecule has 0 heterocycles. The summed E-state index contributed by atoms with van der Waals surface area (Å²) in [6, 6.07) is 24.8. The summed E-state index contributed by atoms with van der Waals surface area (Å²) < 4.78 is 5.91. The molecular weight excluding hydrogens is 358 g/mol. The van der Waals surface area contributed by atoms with E-state index < -0.39 is 0 Å². The van der Waals surface area contributed by atoms with Crippen LogP contribution in [0.2, 0.25) is 5.02 Å². The lowest BCUT2D eigenvalue weighted by Gasteiger charge is -2.09. The van der Waals surface area contributed by atoms with Crippen molar-refractivity contribution in [3.63, 3.8) is 0 Å². The average Bonchev–Trinajstić information content (AvgIpc) is 2.72. The SMILES string of the molecule is N#Cc1ccc(COc2ccccc2/C=N\NCc2ccc(Cl)cc2)cc1. The second-order valence-corrected chi connectivity index (χ2v) is 6.29. The Morgan fingerprint density at radius 2 is 1.67 bits per heavy atom. The van der Waals surface area contributed by atoms with Crippen LogP contribution in [0.5, 0.6) is 5.75 Å². The lowest BCUT2D eigenvalue weighted by Crippen LogP contribution is -2.06. The van der Waals surface area contributed by atoms with E-state index in [0.29, 0.717) is 18.7 Å². The number of rotatable bonds is 7. The summed E-state index contributed by atoms with van der Waals surface area (Å²) in [7, 11) is 0. The van der Waals surface area contributed by atoms with Crippen LogP contribution in [-0.2, 0) is 13.2 Å². The van der Waals surface area contributed by atoms with Gasteiger partial charge in [0.1, 0.15) is 12.4 Å². The van der Waals surface area contributed by atoms with E-state index in [1.54, 1.807) is 18.3 Å². The van der Waals surface area contributed by atoms with Crippen LogP contribution in [0.3, 0.4) is 0 Å². The number of hydrazone groups is 1. The summed E-state index contributed by atoms with van der Waals surface area (Å²) in [5.74, 6) is 0.749. The first-order valence-corrected chi connectivity index (χ1v) is 8.83. The van der Waals surface area contributed by atoms with Gasteiger partial charge in [0, 0.05) is 10.6 Å². The number of benzene rings is 3. The largest absolute Gasteiger partial charge is 0.488 e.